The molecule has 0 saturated carbocycles. The van der Waals surface area contributed by atoms with Gasteiger partial charge in [-0.3, -0.25) is 14.4 Å². The standard InChI is InChI=1S/C20H24N2O5S/c1-3-13-12-22-9-7-14(13)10-19(22)20(27-28(23,24)25)16-6-8-21-18-5-4-15(26-2)11-17(16)18/h3-6,8,11,13-14,19-20H,1,7,9-10,12H2,2H3,(H,23,24,25)/t13-,14-,19+,20?/m0/s1. The summed E-state index contributed by atoms with van der Waals surface area (Å²) in [5, 5.41) is 0.749. The minimum atomic E-state index is -4.64. The predicted molar refractivity (Wildman–Crippen MR) is 105 cm³/mol. The Bertz CT molecular complexity index is 993. The van der Waals surface area contributed by atoms with Gasteiger partial charge in [-0.25, -0.2) is 4.18 Å². The first-order valence-corrected chi connectivity index (χ1v) is 10.7. The van der Waals surface area contributed by atoms with E-state index in [1.165, 1.54) is 0 Å². The average molecular weight is 404 g/mol. The topological polar surface area (TPSA) is 89.0 Å². The van der Waals surface area contributed by atoms with Crippen LogP contribution in [0.2, 0.25) is 0 Å². The number of hydrogen-bond donors (Lipinski definition) is 1. The van der Waals surface area contributed by atoms with Gasteiger partial charge in [0.15, 0.2) is 0 Å². The molecule has 3 aliphatic heterocycles. The van der Waals surface area contributed by atoms with E-state index in [1.54, 1.807) is 25.4 Å². The first-order valence-electron chi connectivity index (χ1n) is 9.34. The first-order chi connectivity index (χ1) is 13.4. The van der Waals surface area contributed by atoms with E-state index >= 15 is 0 Å². The van der Waals surface area contributed by atoms with Crippen molar-refractivity contribution in [2.24, 2.45) is 11.8 Å². The molecule has 3 saturated heterocycles. The molecule has 3 fully saturated rings. The first kappa shape index (κ1) is 19.3. The third-order valence-electron chi connectivity index (χ3n) is 6.02. The summed E-state index contributed by atoms with van der Waals surface area (Å²) in [7, 11) is -3.07. The van der Waals surface area contributed by atoms with Crippen LogP contribution in [0.25, 0.3) is 10.9 Å². The maximum absolute atomic E-state index is 11.7. The summed E-state index contributed by atoms with van der Waals surface area (Å²) >= 11 is 0. The van der Waals surface area contributed by atoms with E-state index in [4.69, 9.17) is 8.92 Å². The molecule has 7 nitrogen and oxygen atoms in total. The second-order valence-corrected chi connectivity index (χ2v) is 8.52. The lowest BCUT2D eigenvalue weighted by molar-refractivity contribution is -0.0365. The van der Waals surface area contributed by atoms with Crippen LogP contribution in [-0.2, 0) is 14.6 Å². The van der Waals surface area contributed by atoms with Crippen molar-refractivity contribution in [3.8, 4) is 5.75 Å². The maximum atomic E-state index is 11.7. The molecule has 0 spiro atoms. The Hall–Kier alpha value is -2.00. The van der Waals surface area contributed by atoms with Gasteiger partial charge in [0.2, 0.25) is 0 Å². The lowest BCUT2D eigenvalue weighted by atomic mass is 9.73. The van der Waals surface area contributed by atoms with Gasteiger partial charge in [0, 0.05) is 24.2 Å². The summed E-state index contributed by atoms with van der Waals surface area (Å²) in [4.78, 5) is 6.61. The number of benzene rings is 1. The van der Waals surface area contributed by atoms with Crippen LogP contribution < -0.4 is 4.74 Å². The molecular formula is C20H24N2O5S. The minimum Gasteiger partial charge on any atom is -0.497 e. The van der Waals surface area contributed by atoms with Crippen molar-refractivity contribution >= 4 is 21.3 Å². The van der Waals surface area contributed by atoms with E-state index in [2.05, 4.69) is 16.5 Å². The highest BCUT2D eigenvalue weighted by atomic mass is 32.3. The highest BCUT2D eigenvalue weighted by Gasteiger charge is 2.44. The fourth-order valence-electron chi connectivity index (χ4n) is 4.67. The number of aromatic nitrogens is 1. The molecule has 1 aromatic carbocycles. The summed E-state index contributed by atoms with van der Waals surface area (Å²) < 4.78 is 43.5. The number of pyridine rings is 1. The second kappa shape index (κ2) is 7.44. The molecule has 2 aromatic rings. The van der Waals surface area contributed by atoms with E-state index in [0.29, 0.717) is 28.7 Å². The van der Waals surface area contributed by atoms with Gasteiger partial charge in [0.05, 0.1) is 12.6 Å². The molecule has 5 rings (SSSR count). The Kier molecular flexibility index (Phi) is 5.13. The highest BCUT2D eigenvalue weighted by Crippen LogP contribution is 2.44. The predicted octanol–water partition coefficient (Wildman–Crippen LogP) is 3.00. The zero-order chi connectivity index (χ0) is 19.9. The van der Waals surface area contributed by atoms with Gasteiger partial charge in [0.25, 0.3) is 0 Å². The van der Waals surface area contributed by atoms with E-state index in [-0.39, 0.29) is 6.04 Å². The highest BCUT2D eigenvalue weighted by molar-refractivity contribution is 7.80. The Morgan fingerprint density at radius 3 is 2.86 bits per heavy atom. The van der Waals surface area contributed by atoms with Crippen molar-refractivity contribution < 1.29 is 21.9 Å². The molecule has 150 valence electrons. The van der Waals surface area contributed by atoms with Crippen molar-refractivity contribution in [3.05, 3.63) is 48.7 Å². The number of nitrogens with zero attached hydrogens (tertiary/aromatic N) is 2. The van der Waals surface area contributed by atoms with Gasteiger partial charge >= 0.3 is 10.4 Å². The Morgan fingerprint density at radius 1 is 1.39 bits per heavy atom. The van der Waals surface area contributed by atoms with Crippen LogP contribution in [-0.4, -0.2) is 49.1 Å². The fraction of sp³-hybridized carbons (Fsp3) is 0.450. The van der Waals surface area contributed by atoms with Crippen LogP contribution in [0.3, 0.4) is 0 Å². The molecule has 1 N–H and O–H groups in total. The Labute approximate surface area is 164 Å². The molecule has 0 amide bonds. The third kappa shape index (κ3) is 3.65. The van der Waals surface area contributed by atoms with E-state index in [0.717, 1.165) is 31.3 Å². The molecule has 28 heavy (non-hydrogen) atoms. The fourth-order valence-corrected chi connectivity index (χ4v) is 5.16. The summed E-state index contributed by atoms with van der Waals surface area (Å²) in [6, 6.07) is 7.04. The molecule has 3 aliphatic rings. The normalized spacial score (nSPS) is 28.2. The minimum absolute atomic E-state index is 0.159. The summed E-state index contributed by atoms with van der Waals surface area (Å²) in [5.74, 6) is 1.47. The summed E-state index contributed by atoms with van der Waals surface area (Å²) in [5.41, 5.74) is 1.39. The Balaban J connectivity index is 1.80. The van der Waals surface area contributed by atoms with E-state index in [9.17, 15) is 13.0 Å². The molecule has 1 aromatic heterocycles. The van der Waals surface area contributed by atoms with Crippen LogP contribution in [0.1, 0.15) is 24.5 Å². The largest absolute Gasteiger partial charge is 0.497 e. The number of hydrogen-bond acceptors (Lipinski definition) is 6. The van der Waals surface area contributed by atoms with Gasteiger partial charge in [0.1, 0.15) is 11.9 Å². The van der Waals surface area contributed by atoms with Crippen molar-refractivity contribution in [1.29, 1.82) is 0 Å². The molecule has 2 unspecified atom stereocenters. The lowest BCUT2D eigenvalue weighted by Crippen LogP contribution is -2.55. The van der Waals surface area contributed by atoms with Crippen molar-refractivity contribution in [1.82, 2.24) is 9.88 Å². The number of methoxy groups -OCH3 is 1. The van der Waals surface area contributed by atoms with Crippen LogP contribution in [0.4, 0.5) is 0 Å². The molecule has 0 aliphatic carbocycles. The molecular weight excluding hydrogens is 380 g/mol. The maximum Gasteiger partial charge on any atom is 0.398 e. The van der Waals surface area contributed by atoms with Crippen LogP contribution in [0, 0.1) is 11.8 Å². The number of piperidine rings is 3. The quantitative estimate of drug-likeness (QED) is 0.585. The SMILES string of the molecule is C=C[C@H]1CN2CC[C@H]1C[C@@H]2C(OS(=O)(=O)O)c1ccnc2ccc(OC)cc12. The average Bonchev–Trinajstić information content (AvgIpc) is 2.70. The second-order valence-electron chi connectivity index (χ2n) is 7.47. The van der Waals surface area contributed by atoms with Crippen LogP contribution in [0.5, 0.6) is 5.75 Å². The number of rotatable bonds is 6. The molecule has 5 atom stereocenters. The van der Waals surface area contributed by atoms with Crippen LogP contribution in [0.15, 0.2) is 43.1 Å². The van der Waals surface area contributed by atoms with E-state index in [1.807, 2.05) is 18.2 Å². The van der Waals surface area contributed by atoms with Crippen LogP contribution >= 0.6 is 0 Å². The van der Waals surface area contributed by atoms with Gasteiger partial charge in [-0.1, -0.05) is 6.08 Å². The van der Waals surface area contributed by atoms with E-state index < -0.39 is 16.5 Å². The molecule has 0 radical (unpaired) electrons. The summed E-state index contributed by atoms with van der Waals surface area (Å²) in [6.45, 7) is 5.62. The van der Waals surface area contributed by atoms with Gasteiger partial charge in [-0.2, -0.15) is 8.42 Å². The number of fused-ring (bicyclic) bond motifs is 4. The van der Waals surface area contributed by atoms with Gasteiger partial charge < -0.3 is 4.74 Å². The van der Waals surface area contributed by atoms with Crippen molar-refractivity contribution in [3.63, 3.8) is 0 Å². The van der Waals surface area contributed by atoms with Crippen molar-refractivity contribution in [2.45, 2.75) is 25.0 Å². The molecule has 2 bridgehead atoms. The zero-order valence-corrected chi connectivity index (χ0v) is 16.5. The molecule has 8 heteroatoms. The lowest BCUT2D eigenvalue weighted by Gasteiger charge is -2.51. The van der Waals surface area contributed by atoms with Crippen molar-refractivity contribution in [2.75, 3.05) is 20.2 Å². The smallest absolute Gasteiger partial charge is 0.398 e. The van der Waals surface area contributed by atoms with Gasteiger partial charge in [-0.15, -0.1) is 6.58 Å². The Morgan fingerprint density at radius 2 is 2.21 bits per heavy atom. The van der Waals surface area contributed by atoms with Gasteiger partial charge in [-0.05, 0) is 61.1 Å². The monoisotopic (exact) mass is 404 g/mol. The third-order valence-corrected chi connectivity index (χ3v) is 6.47. The molecule has 4 heterocycles. The zero-order valence-electron chi connectivity index (χ0n) is 15.7. The summed E-state index contributed by atoms with van der Waals surface area (Å²) in [6.07, 6.45) is 4.62. The number of ether oxygens (including phenoxy) is 1.